The lowest BCUT2D eigenvalue weighted by molar-refractivity contribution is -0.117. The lowest BCUT2D eigenvalue weighted by Gasteiger charge is -2.16. The fourth-order valence-electron chi connectivity index (χ4n) is 2.91. The molecule has 0 radical (unpaired) electrons. The highest BCUT2D eigenvalue weighted by molar-refractivity contribution is 9.10. The standard InChI is InChI=1S/C21H17BrClNO4S/c1-3-8-28-19-16(22)9-13(10-17(19)27-4-2)11-18-20(25)24(21(26)29-18)15-7-5-6-14(23)12-15/h1,5-7,9-10,12,18H,4,8,11H2,2H3/t18-/m0/s1. The molecule has 3 rings (SSSR count). The van der Waals surface area contributed by atoms with Gasteiger partial charge in [0.15, 0.2) is 11.5 Å². The average molecular weight is 495 g/mol. The number of nitrogens with zero attached hydrogens (tertiary/aromatic N) is 1. The van der Waals surface area contributed by atoms with Crippen LogP contribution in [0.5, 0.6) is 11.5 Å². The van der Waals surface area contributed by atoms with E-state index < -0.39 is 5.25 Å². The maximum absolute atomic E-state index is 12.9. The molecule has 5 nitrogen and oxygen atoms in total. The van der Waals surface area contributed by atoms with Gasteiger partial charge < -0.3 is 9.47 Å². The molecule has 1 aliphatic heterocycles. The van der Waals surface area contributed by atoms with Crippen molar-refractivity contribution in [2.45, 2.75) is 18.6 Å². The zero-order valence-electron chi connectivity index (χ0n) is 15.5. The van der Waals surface area contributed by atoms with E-state index >= 15 is 0 Å². The van der Waals surface area contributed by atoms with E-state index in [1.54, 1.807) is 30.3 Å². The average Bonchev–Trinajstić information content (AvgIpc) is 2.94. The van der Waals surface area contributed by atoms with E-state index in [0.717, 1.165) is 17.3 Å². The van der Waals surface area contributed by atoms with Crippen molar-refractivity contribution in [3.8, 4) is 23.8 Å². The number of terminal acetylenes is 1. The van der Waals surface area contributed by atoms with E-state index in [4.69, 9.17) is 27.5 Å². The molecule has 0 unspecified atom stereocenters. The molecule has 0 saturated carbocycles. The predicted octanol–water partition coefficient (Wildman–Crippen LogP) is 5.32. The van der Waals surface area contributed by atoms with Crippen molar-refractivity contribution in [3.05, 3.63) is 51.5 Å². The summed E-state index contributed by atoms with van der Waals surface area (Å²) < 4.78 is 11.9. The van der Waals surface area contributed by atoms with Gasteiger partial charge in [0.05, 0.1) is 22.0 Å². The van der Waals surface area contributed by atoms with Gasteiger partial charge in [-0.3, -0.25) is 9.59 Å². The Morgan fingerprint density at radius 3 is 2.76 bits per heavy atom. The maximum atomic E-state index is 12.9. The molecule has 1 aliphatic rings. The zero-order valence-corrected chi connectivity index (χ0v) is 18.6. The third-order valence-electron chi connectivity index (χ3n) is 4.08. The number of benzene rings is 2. The van der Waals surface area contributed by atoms with Gasteiger partial charge in [0.1, 0.15) is 6.61 Å². The Morgan fingerprint density at radius 1 is 1.28 bits per heavy atom. The van der Waals surface area contributed by atoms with Crippen LogP contribution in [0.3, 0.4) is 0 Å². The Kier molecular flexibility index (Phi) is 7.12. The number of ether oxygens (including phenoxy) is 2. The van der Waals surface area contributed by atoms with E-state index in [1.807, 2.05) is 13.0 Å². The van der Waals surface area contributed by atoms with Gasteiger partial charge in [0, 0.05) is 5.02 Å². The molecular formula is C21H17BrClNO4S. The molecule has 0 spiro atoms. The number of halogens is 2. The molecule has 1 saturated heterocycles. The molecule has 2 aromatic rings. The largest absolute Gasteiger partial charge is 0.490 e. The quantitative estimate of drug-likeness (QED) is 0.487. The van der Waals surface area contributed by atoms with Crippen LogP contribution >= 0.6 is 39.3 Å². The maximum Gasteiger partial charge on any atom is 0.293 e. The summed E-state index contributed by atoms with van der Waals surface area (Å²) >= 11 is 10.5. The number of anilines is 1. The number of hydrogen-bond donors (Lipinski definition) is 0. The Hall–Kier alpha value is -2.14. The summed E-state index contributed by atoms with van der Waals surface area (Å²) in [4.78, 5) is 26.5. The first-order valence-electron chi connectivity index (χ1n) is 8.76. The summed E-state index contributed by atoms with van der Waals surface area (Å²) in [6, 6.07) is 10.3. The molecule has 150 valence electrons. The molecule has 0 aromatic heterocycles. The first kappa shape index (κ1) is 21.6. The highest BCUT2D eigenvalue weighted by Gasteiger charge is 2.40. The van der Waals surface area contributed by atoms with Gasteiger partial charge in [-0.05, 0) is 65.2 Å². The van der Waals surface area contributed by atoms with E-state index in [0.29, 0.717) is 39.7 Å². The van der Waals surface area contributed by atoms with Gasteiger partial charge in [0.2, 0.25) is 5.91 Å². The first-order valence-corrected chi connectivity index (χ1v) is 10.8. The summed E-state index contributed by atoms with van der Waals surface area (Å²) in [7, 11) is 0. The molecule has 0 N–H and O–H groups in total. The van der Waals surface area contributed by atoms with Gasteiger partial charge in [-0.2, -0.15) is 0 Å². The van der Waals surface area contributed by atoms with Crippen LogP contribution in [-0.2, 0) is 11.2 Å². The number of hydrogen-bond acceptors (Lipinski definition) is 5. The van der Waals surface area contributed by atoms with Crippen LogP contribution < -0.4 is 14.4 Å². The molecule has 0 aliphatic carbocycles. The van der Waals surface area contributed by atoms with Crippen molar-refractivity contribution >= 4 is 56.1 Å². The third kappa shape index (κ3) is 4.89. The van der Waals surface area contributed by atoms with Crippen molar-refractivity contribution < 1.29 is 19.1 Å². The Labute approximate surface area is 186 Å². The number of carbonyl (C=O) groups excluding carboxylic acids is 2. The van der Waals surface area contributed by atoms with Crippen LogP contribution in [0.1, 0.15) is 12.5 Å². The number of imide groups is 1. The van der Waals surface area contributed by atoms with Gasteiger partial charge in [-0.1, -0.05) is 35.3 Å². The van der Waals surface area contributed by atoms with Crippen LogP contribution in [0.25, 0.3) is 0 Å². The molecule has 1 fully saturated rings. The number of thioether (sulfide) groups is 1. The van der Waals surface area contributed by atoms with Crippen molar-refractivity contribution in [1.29, 1.82) is 0 Å². The lowest BCUT2D eigenvalue weighted by atomic mass is 10.1. The molecule has 2 amide bonds. The van der Waals surface area contributed by atoms with Crippen molar-refractivity contribution in [2.75, 3.05) is 18.1 Å². The van der Waals surface area contributed by atoms with Crippen molar-refractivity contribution in [1.82, 2.24) is 0 Å². The van der Waals surface area contributed by atoms with Crippen molar-refractivity contribution in [2.24, 2.45) is 0 Å². The molecule has 0 bridgehead atoms. The van der Waals surface area contributed by atoms with E-state index in [1.165, 1.54) is 4.90 Å². The second-order valence-corrected chi connectivity index (χ2v) is 8.51. The van der Waals surface area contributed by atoms with Crippen LogP contribution in [0.15, 0.2) is 40.9 Å². The fraction of sp³-hybridized carbons (Fsp3) is 0.238. The predicted molar refractivity (Wildman–Crippen MR) is 119 cm³/mol. The highest BCUT2D eigenvalue weighted by atomic mass is 79.9. The zero-order chi connectivity index (χ0) is 21.0. The van der Waals surface area contributed by atoms with E-state index in [9.17, 15) is 9.59 Å². The van der Waals surface area contributed by atoms with Gasteiger partial charge in [-0.25, -0.2) is 4.90 Å². The van der Waals surface area contributed by atoms with Crippen LogP contribution in [-0.4, -0.2) is 29.6 Å². The minimum Gasteiger partial charge on any atom is -0.490 e. The van der Waals surface area contributed by atoms with E-state index in [-0.39, 0.29) is 17.8 Å². The van der Waals surface area contributed by atoms with Crippen LogP contribution in [0.2, 0.25) is 5.02 Å². The summed E-state index contributed by atoms with van der Waals surface area (Å²) in [5, 5.41) is -0.398. The Morgan fingerprint density at radius 2 is 2.07 bits per heavy atom. The number of carbonyl (C=O) groups is 2. The Balaban J connectivity index is 1.83. The van der Waals surface area contributed by atoms with Crippen molar-refractivity contribution in [3.63, 3.8) is 0 Å². The molecular weight excluding hydrogens is 478 g/mol. The molecule has 1 heterocycles. The fourth-order valence-corrected chi connectivity index (χ4v) is 4.72. The monoisotopic (exact) mass is 493 g/mol. The molecule has 2 aromatic carbocycles. The van der Waals surface area contributed by atoms with Crippen LogP contribution in [0.4, 0.5) is 10.5 Å². The number of amides is 2. The Bertz CT molecular complexity index is 991. The second-order valence-electron chi connectivity index (χ2n) is 6.06. The number of rotatable bonds is 7. The van der Waals surface area contributed by atoms with Gasteiger partial charge >= 0.3 is 0 Å². The summed E-state index contributed by atoms with van der Waals surface area (Å²) in [5.41, 5.74) is 1.30. The summed E-state index contributed by atoms with van der Waals surface area (Å²) in [6.07, 6.45) is 5.63. The van der Waals surface area contributed by atoms with E-state index in [2.05, 4.69) is 21.9 Å². The third-order valence-corrected chi connectivity index (χ3v) is 5.94. The highest BCUT2D eigenvalue weighted by Crippen LogP contribution is 2.39. The van der Waals surface area contributed by atoms with Gasteiger partial charge in [-0.15, -0.1) is 6.42 Å². The normalized spacial score (nSPS) is 16.1. The topological polar surface area (TPSA) is 55.8 Å². The minimum absolute atomic E-state index is 0.109. The van der Waals surface area contributed by atoms with Crippen LogP contribution in [0, 0.1) is 12.3 Å². The first-order chi connectivity index (χ1) is 13.9. The smallest absolute Gasteiger partial charge is 0.293 e. The second kappa shape index (κ2) is 9.57. The molecule has 8 heteroatoms. The minimum atomic E-state index is -0.541. The summed E-state index contributed by atoms with van der Waals surface area (Å²) in [5.74, 6) is 3.19. The SMILES string of the molecule is C#CCOc1c(Br)cc(C[C@@H]2SC(=O)N(c3cccc(Cl)c3)C2=O)cc1OCC. The molecule has 29 heavy (non-hydrogen) atoms. The van der Waals surface area contributed by atoms with Gasteiger partial charge in [0.25, 0.3) is 5.24 Å². The summed E-state index contributed by atoms with van der Waals surface area (Å²) in [6.45, 7) is 2.42. The lowest BCUT2D eigenvalue weighted by Crippen LogP contribution is -2.32. The molecule has 1 atom stereocenters.